The molecular weight excluding hydrogens is 199 g/mol. The Morgan fingerprint density at radius 1 is 1.40 bits per heavy atom. The SMILES string of the molecule is CC(=O)C(Cl)(Cl)S(C)(=O)=O. The van der Waals surface area contributed by atoms with Crippen molar-refractivity contribution in [2.24, 2.45) is 0 Å². The fourth-order valence-corrected chi connectivity index (χ4v) is 0.783. The van der Waals surface area contributed by atoms with Crippen molar-refractivity contribution >= 4 is 38.8 Å². The lowest BCUT2D eigenvalue weighted by molar-refractivity contribution is -0.116. The molecule has 0 bridgehead atoms. The van der Waals surface area contributed by atoms with Gasteiger partial charge >= 0.3 is 0 Å². The van der Waals surface area contributed by atoms with E-state index in [1.54, 1.807) is 0 Å². The predicted octanol–water partition coefficient (Wildman–Crippen LogP) is 0.751. The molecule has 10 heavy (non-hydrogen) atoms. The van der Waals surface area contributed by atoms with Gasteiger partial charge in [-0.3, -0.25) is 4.79 Å². The topological polar surface area (TPSA) is 51.2 Å². The van der Waals surface area contributed by atoms with Gasteiger partial charge in [0.15, 0.2) is 15.6 Å². The summed E-state index contributed by atoms with van der Waals surface area (Å²) in [6.45, 7) is 1.01. The van der Waals surface area contributed by atoms with Gasteiger partial charge in [0.25, 0.3) is 3.67 Å². The maximum absolute atomic E-state index is 10.6. The molecule has 0 aliphatic heterocycles. The number of carbonyl (C=O) groups excluding carboxylic acids is 1. The molecule has 0 saturated heterocycles. The van der Waals surface area contributed by atoms with Gasteiger partial charge in [0.1, 0.15) is 0 Å². The van der Waals surface area contributed by atoms with Crippen molar-refractivity contribution in [1.82, 2.24) is 0 Å². The Morgan fingerprint density at radius 3 is 1.70 bits per heavy atom. The molecule has 3 nitrogen and oxygen atoms in total. The minimum Gasteiger partial charge on any atom is -0.295 e. The molecule has 0 unspecified atom stereocenters. The van der Waals surface area contributed by atoms with Crippen LogP contribution in [-0.4, -0.2) is 24.1 Å². The summed E-state index contributed by atoms with van der Waals surface area (Å²) in [6, 6.07) is 0. The molecule has 60 valence electrons. The molecule has 0 rings (SSSR count). The molecule has 0 fully saturated rings. The number of sulfone groups is 1. The smallest absolute Gasteiger partial charge is 0.275 e. The molecule has 0 amide bonds. The highest BCUT2D eigenvalue weighted by Crippen LogP contribution is 2.27. The van der Waals surface area contributed by atoms with Gasteiger partial charge < -0.3 is 0 Å². The first kappa shape index (κ1) is 10.2. The fraction of sp³-hybridized carbons (Fsp3) is 0.750. The van der Waals surface area contributed by atoms with Gasteiger partial charge in [-0.2, -0.15) is 0 Å². The van der Waals surface area contributed by atoms with Crippen LogP contribution in [0, 0.1) is 0 Å². The van der Waals surface area contributed by atoms with Crippen molar-refractivity contribution in [2.75, 3.05) is 6.26 Å². The van der Waals surface area contributed by atoms with E-state index in [1.165, 1.54) is 0 Å². The Labute approximate surface area is 69.2 Å². The summed E-state index contributed by atoms with van der Waals surface area (Å²) in [4.78, 5) is 10.5. The van der Waals surface area contributed by atoms with Crippen molar-refractivity contribution < 1.29 is 13.2 Å². The van der Waals surface area contributed by atoms with E-state index in [0.717, 1.165) is 13.2 Å². The molecule has 0 saturated carbocycles. The number of alkyl halides is 2. The third-order valence-corrected chi connectivity index (χ3v) is 4.31. The first-order valence-corrected chi connectivity index (χ1v) is 4.93. The maximum Gasteiger partial charge on any atom is 0.275 e. The van der Waals surface area contributed by atoms with E-state index < -0.39 is 19.3 Å². The largest absolute Gasteiger partial charge is 0.295 e. The van der Waals surface area contributed by atoms with Gasteiger partial charge in [-0.1, -0.05) is 23.2 Å². The van der Waals surface area contributed by atoms with E-state index in [4.69, 9.17) is 23.2 Å². The molecule has 0 heterocycles. The minimum atomic E-state index is -3.72. The summed E-state index contributed by atoms with van der Waals surface area (Å²) in [7, 11) is -3.72. The van der Waals surface area contributed by atoms with E-state index in [-0.39, 0.29) is 0 Å². The molecule has 6 heteroatoms. The number of hydrogen-bond donors (Lipinski definition) is 0. The van der Waals surface area contributed by atoms with Gasteiger partial charge in [-0.25, -0.2) is 8.42 Å². The van der Waals surface area contributed by atoms with Crippen molar-refractivity contribution in [3.63, 3.8) is 0 Å². The second-order valence-corrected chi connectivity index (χ2v) is 5.78. The molecule has 0 N–H and O–H groups in total. The number of Topliss-reactive ketones (excluding diaryl/α,β-unsaturated/α-hetero) is 1. The van der Waals surface area contributed by atoms with E-state index in [1.807, 2.05) is 0 Å². The highest BCUT2D eigenvalue weighted by Gasteiger charge is 2.41. The lowest BCUT2D eigenvalue weighted by Crippen LogP contribution is -2.32. The second kappa shape index (κ2) is 2.68. The molecule has 0 aliphatic rings. The zero-order valence-corrected chi connectivity index (χ0v) is 7.72. The van der Waals surface area contributed by atoms with E-state index >= 15 is 0 Å². The number of rotatable bonds is 2. The normalized spacial score (nSPS) is 13.2. The molecule has 0 aliphatic carbocycles. The van der Waals surface area contributed by atoms with Gasteiger partial charge in [0.05, 0.1) is 0 Å². The van der Waals surface area contributed by atoms with Crippen LogP contribution in [-0.2, 0) is 14.6 Å². The van der Waals surface area contributed by atoms with Gasteiger partial charge in [-0.15, -0.1) is 0 Å². The third-order valence-electron chi connectivity index (χ3n) is 0.876. The summed E-state index contributed by atoms with van der Waals surface area (Å²) in [5, 5.41) is 0. The third kappa shape index (κ3) is 1.84. The van der Waals surface area contributed by atoms with Crippen LogP contribution in [0.3, 0.4) is 0 Å². The lowest BCUT2D eigenvalue weighted by Gasteiger charge is -2.11. The van der Waals surface area contributed by atoms with Gasteiger partial charge in [-0.05, 0) is 6.92 Å². The summed E-state index contributed by atoms with van der Waals surface area (Å²) < 4.78 is 18.9. The Kier molecular flexibility index (Phi) is 2.73. The van der Waals surface area contributed by atoms with Crippen molar-refractivity contribution in [2.45, 2.75) is 10.6 Å². The molecule has 0 radical (unpaired) electrons. The van der Waals surface area contributed by atoms with E-state index in [9.17, 15) is 13.2 Å². The minimum absolute atomic E-state index is 0.793. The van der Waals surface area contributed by atoms with Crippen LogP contribution >= 0.6 is 23.2 Å². The van der Waals surface area contributed by atoms with Crippen LogP contribution in [0.2, 0.25) is 0 Å². The van der Waals surface area contributed by atoms with E-state index in [2.05, 4.69) is 0 Å². The van der Waals surface area contributed by atoms with Crippen LogP contribution in [0.25, 0.3) is 0 Å². The van der Waals surface area contributed by atoms with Gasteiger partial charge in [0.2, 0.25) is 0 Å². The Balaban J connectivity index is 4.95. The average Bonchev–Trinajstić information content (AvgIpc) is 1.62. The highest BCUT2D eigenvalue weighted by molar-refractivity contribution is 7.95. The summed E-state index contributed by atoms with van der Waals surface area (Å²) in [6.07, 6.45) is 0.800. The van der Waals surface area contributed by atoms with Crippen molar-refractivity contribution in [1.29, 1.82) is 0 Å². The summed E-state index contributed by atoms with van der Waals surface area (Å²) in [5.74, 6) is -0.793. The molecular formula is C4H6Cl2O3S. The summed E-state index contributed by atoms with van der Waals surface area (Å²) >= 11 is 10.4. The zero-order chi connectivity index (χ0) is 8.58. The monoisotopic (exact) mass is 204 g/mol. The first-order chi connectivity index (χ1) is 4.19. The highest BCUT2D eigenvalue weighted by atomic mass is 35.5. The van der Waals surface area contributed by atoms with Crippen LogP contribution < -0.4 is 0 Å². The number of halogens is 2. The molecule has 0 aromatic heterocycles. The summed E-state index contributed by atoms with van der Waals surface area (Å²) in [5.41, 5.74) is 0. The van der Waals surface area contributed by atoms with Crippen molar-refractivity contribution in [3.05, 3.63) is 0 Å². The Hall–Kier alpha value is 0.200. The van der Waals surface area contributed by atoms with Crippen LogP contribution in [0.15, 0.2) is 0 Å². The number of hydrogen-bond acceptors (Lipinski definition) is 3. The Bertz CT molecular complexity index is 241. The predicted molar refractivity (Wildman–Crippen MR) is 40.0 cm³/mol. The van der Waals surface area contributed by atoms with Crippen molar-refractivity contribution in [3.8, 4) is 0 Å². The zero-order valence-electron chi connectivity index (χ0n) is 5.39. The Morgan fingerprint density at radius 2 is 1.70 bits per heavy atom. The molecule has 0 aromatic carbocycles. The maximum atomic E-state index is 10.6. The lowest BCUT2D eigenvalue weighted by atomic mass is 10.5. The van der Waals surface area contributed by atoms with E-state index in [0.29, 0.717) is 0 Å². The second-order valence-electron chi connectivity index (χ2n) is 1.85. The number of ketones is 1. The quantitative estimate of drug-likeness (QED) is 0.625. The van der Waals surface area contributed by atoms with Crippen LogP contribution in [0.4, 0.5) is 0 Å². The molecule has 0 atom stereocenters. The molecule has 0 aromatic rings. The van der Waals surface area contributed by atoms with Crippen LogP contribution in [0.5, 0.6) is 0 Å². The molecule has 0 spiro atoms. The van der Waals surface area contributed by atoms with Crippen LogP contribution in [0.1, 0.15) is 6.92 Å². The average molecular weight is 205 g/mol. The van der Waals surface area contributed by atoms with Gasteiger partial charge in [0, 0.05) is 6.26 Å². The number of carbonyl (C=O) groups is 1. The first-order valence-electron chi connectivity index (χ1n) is 2.28. The standard InChI is InChI=1S/C4H6Cl2O3S/c1-3(7)4(5,6)10(2,8)9/h1-2H3. The fourth-order valence-electron chi connectivity index (χ4n) is 0.261.